The normalized spacial score (nSPS) is 11.1. The van der Waals surface area contributed by atoms with Crippen LogP contribution in [0.25, 0.3) is 5.65 Å². The summed E-state index contributed by atoms with van der Waals surface area (Å²) in [5, 5.41) is 0. The molecule has 0 spiro atoms. The second kappa shape index (κ2) is 3.40. The van der Waals surface area contributed by atoms with Crippen molar-refractivity contribution in [1.29, 1.82) is 0 Å². The number of aromatic nitrogens is 3. The number of imidazole rings is 1. The first-order valence-electron chi connectivity index (χ1n) is 5.02. The maximum Gasteiger partial charge on any atom is 0.158 e. The summed E-state index contributed by atoms with van der Waals surface area (Å²) in [6.45, 7) is 6.19. The van der Waals surface area contributed by atoms with E-state index in [1.54, 1.807) is 0 Å². The number of rotatable bonds is 2. The standard InChI is InChI=1S/C11H15N3/c1-4-5-10-7-14-6-8(2)12-11(14)9(3)13-10/h6-7H,4-5H2,1-3H3. The average Bonchev–Trinajstić information content (AvgIpc) is 2.47. The van der Waals surface area contributed by atoms with Gasteiger partial charge in [-0.25, -0.2) is 4.98 Å². The average molecular weight is 189 g/mol. The van der Waals surface area contributed by atoms with Gasteiger partial charge in [0.1, 0.15) is 0 Å². The van der Waals surface area contributed by atoms with E-state index in [4.69, 9.17) is 0 Å². The monoisotopic (exact) mass is 189 g/mol. The van der Waals surface area contributed by atoms with Gasteiger partial charge in [-0.05, 0) is 20.3 Å². The van der Waals surface area contributed by atoms with Crippen molar-refractivity contribution in [2.24, 2.45) is 0 Å². The Labute approximate surface area is 83.8 Å². The van der Waals surface area contributed by atoms with Crippen molar-refractivity contribution in [2.45, 2.75) is 33.6 Å². The summed E-state index contributed by atoms with van der Waals surface area (Å²) >= 11 is 0. The molecule has 0 amide bonds. The number of hydrogen-bond donors (Lipinski definition) is 0. The molecule has 0 aliphatic rings. The predicted molar refractivity (Wildman–Crippen MR) is 56.5 cm³/mol. The molecule has 0 atom stereocenters. The van der Waals surface area contributed by atoms with E-state index in [1.807, 2.05) is 20.0 Å². The highest BCUT2D eigenvalue weighted by Crippen LogP contribution is 2.10. The molecule has 2 heterocycles. The smallest absolute Gasteiger partial charge is 0.158 e. The molecular weight excluding hydrogens is 174 g/mol. The van der Waals surface area contributed by atoms with Crippen LogP contribution in [0.3, 0.4) is 0 Å². The second-order valence-electron chi connectivity index (χ2n) is 3.68. The maximum atomic E-state index is 4.52. The van der Waals surface area contributed by atoms with Crippen molar-refractivity contribution in [1.82, 2.24) is 14.4 Å². The number of aryl methyl sites for hydroxylation is 3. The van der Waals surface area contributed by atoms with Gasteiger partial charge in [0.15, 0.2) is 5.65 Å². The summed E-state index contributed by atoms with van der Waals surface area (Å²) in [5.41, 5.74) is 4.19. The van der Waals surface area contributed by atoms with E-state index in [0.29, 0.717) is 0 Å². The summed E-state index contributed by atoms with van der Waals surface area (Å²) in [6.07, 6.45) is 6.29. The molecule has 0 aromatic carbocycles. The van der Waals surface area contributed by atoms with Gasteiger partial charge in [0.05, 0.1) is 17.1 Å². The van der Waals surface area contributed by atoms with Crippen LogP contribution in [-0.2, 0) is 6.42 Å². The first kappa shape index (κ1) is 9.19. The minimum atomic E-state index is 0.974. The molecule has 0 N–H and O–H groups in total. The van der Waals surface area contributed by atoms with E-state index in [0.717, 1.165) is 35.6 Å². The summed E-state index contributed by atoms with van der Waals surface area (Å²) < 4.78 is 2.07. The van der Waals surface area contributed by atoms with Crippen molar-refractivity contribution in [2.75, 3.05) is 0 Å². The molecule has 0 radical (unpaired) electrons. The Morgan fingerprint density at radius 3 is 2.71 bits per heavy atom. The first-order valence-corrected chi connectivity index (χ1v) is 5.02. The van der Waals surface area contributed by atoms with E-state index in [9.17, 15) is 0 Å². The van der Waals surface area contributed by atoms with Crippen LogP contribution in [0.4, 0.5) is 0 Å². The van der Waals surface area contributed by atoms with Gasteiger partial charge in [0, 0.05) is 12.4 Å². The summed E-state index contributed by atoms with van der Waals surface area (Å²) in [4.78, 5) is 8.94. The molecule has 3 nitrogen and oxygen atoms in total. The molecule has 3 heteroatoms. The highest BCUT2D eigenvalue weighted by molar-refractivity contribution is 5.44. The number of nitrogens with zero attached hydrogens (tertiary/aromatic N) is 3. The Bertz CT molecular complexity index is 457. The van der Waals surface area contributed by atoms with Gasteiger partial charge in [-0.2, -0.15) is 0 Å². The second-order valence-corrected chi connectivity index (χ2v) is 3.68. The van der Waals surface area contributed by atoms with Crippen LogP contribution in [0.5, 0.6) is 0 Å². The van der Waals surface area contributed by atoms with E-state index in [2.05, 4.69) is 27.5 Å². The molecule has 0 fully saturated rings. The fourth-order valence-electron chi connectivity index (χ4n) is 1.71. The summed E-state index contributed by atoms with van der Waals surface area (Å²) in [7, 11) is 0. The van der Waals surface area contributed by atoms with Crippen LogP contribution in [-0.4, -0.2) is 14.4 Å². The van der Waals surface area contributed by atoms with E-state index in [-0.39, 0.29) is 0 Å². The Balaban J connectivity index is 2.59. The molecule has 2 aromatic rings. The van der Waals surface area contributed by atoms with Gasteiger partial charge in [0.25, 0.3) is 0 Å². The molecule has 0 saturated carbocycles. The van der Waals surface area contributed by atoms with Gasteiger partial charge in [0.2, 0.25) is 0 Å². The Morgan fingerprint density at radius 2 is 2.00 bits per heavy atom. The van der Waals surface area contributed by atoms with Crippen LogP contribution in [0, 0.1) is 13.8 Å². The van der Waals surface area contributed by atoms with Gasteiger partial charge >= 0.3 is 0 Å². The third-order valence-corrected chi connectivity index (χ3v) is 2.28. The molecule has 0 aliphatic carbocycles. The van der Waals surface area contributed by atoms with Crippen molar-refractivity contribution in [3.63, 3.8) is 0 Å². The van der Waals surface area contributed by atoms with Crippen LogP contribution in [0.15, 0.2) is 12.4 Å². The zero-order chi connectivity index (χ0) is 10.1. The zero-order valence-electron chi connectivity index (χ0n) is 8.91. The van der Waals surface area contributed by atoms with Gasteiger partial charge < -0.3 is 4.40 Å². The van der Waals surface area contributed by atoms with Crippen molar-refractivity contribution < 1.29 is 0 Å². The van der Waals surface area contributed by atoms with Crippen LogP contribution in [0.1, 0.15) is 30.4 Å². The SMILES string of the molecule is CCCc1cn2cc(C)nc2c(C)n1. The van der Waals surface area contributed by atoms with Gasteiger partial charge in [-0.1, -0.05) is 13.3 Å². The molecular formula is C11H15N3. The van der Waals surface area contributed by atoms with Crippen molar-refractivity contribution >= 4 is 5.65 Å². The first-order chi connectivity index (χ1) is 6.70. The lowest BCUT2D eigenvalue weighted by molar-refractivity contribution is 0.855. The predicted octanol–water partition coefficient (Wildman–Crippen LogP) is 2.30. The van der Waals surface area contributed by atoms with Crippen LogP contribution in [0.2, 0.25) is 0 Å². The largest absolute Gasteiger partial charge is 0.303 e. The third-order valence-electron chi connectivity index (χ3n) is 2.28. The van der Waals surface area contributed by atoms with Crippen LogP contribution < -0.4 is 0 Å². The Kier molecular flexibility index (Phi) is 2.23. The van der Waals surface area contributed by atoms with Gasteiger partial charge in [-0.15, -0.1) is 0 Å². The Hall–Kier alpha value is -1.38. The van der Waals surface area contributed by atoms with E-state index in [1.165, 1.54) is 0 Å². The fourth-order valence-corrected chi connectivity index (χ4v) is 1.71. The molecule has 0 aliphatic heterocycles. The Morgan fingerprint density at radius 1 is 1.21 bits per heavy atom. The fraction of sp³-hybridized carbons (Fsp3) is 0.455. The minimum Gasteiger partial charge on any atom is -0.303 e. The lowest BCUT2D eigenvalue weighted by atomic mass is 10.2. The van der Waals surface area contributed by atoms with Gasteiger partial charge in [-0.3, -0.25) is 4.98 Å². The quantitative estimate of drug-likeness (QED) is 0.725. The van der Waals surface area contributed by atoms with Crippen LogP contribution >= 0.6 is 0 Å². The molecule has 0 unspecified atom stereocenters. The van der Waals surface area contributed by atoms with E-state index < -0.39 is 0 Å². The van der Waals surface area contributed by atoms with Crippen molar-refractivity contribution in [3.8, 4) is 0 Å². The summed E-state index contributed by atoms with van der Waals surface area (Å²) in [6, 6.07) is 0. The maximum absolute atomic E-state index is 4.52. The highest BCUT2D eigenvalue weighted by atomic mass is 15.0. The molecule has 14 heavy (non-hydrogen) atoms. The minimum absolute atomic E-state index is 0.974. The third kappa shape index (κ3) is 1.50. The molecule has 2 aromatic heterocycles. The lowest BCUT2D eigenvalue weighted by Crippen LogP contribution is -1.97. The summed E-state index contributed by atoms with van der Waals surface area (Å²) in [5.74, 6) is 0. The topological polar surface area (TPSA) is 30.2 Å². The molecule has 0 saturated heterocycles. The number of hydrogen-bond acceptors (Lipinski definition) is 2. The van der Waals surface area contributed by atoms with E-state index >= 15 is 0 Å². The number of fused-ring (bicyclic) bond motifs is 1. The molecule has 0 bridgehead atoms. The molecule has 74 valence electrons. The highest BCUT2D eigenvalue weighted by Gasteiger charge is 2.04. The lowest BCUT2D eigenvalue weighted by Gasteiger charge is -2.02. The zero-order valence-corrected chi connectivity index (χ0v) is 8.91. The van der Waals surface area contributed by atoms with Crippen molar-refractivity contribution in [3.05, 3.63) is 29.5 Å². The molecule has 2 rings (SSSR count).